The van der Waals surface area contributed by atoms with Gasteiger partial charge in [0, 0.05) is 29.6 Å². The normalized spacial score (nSPS) is 21.9. The summed E-state index contributed by atoms with van der Waals surface area (Å²) in [5.41, 5.74) is 0.431. The number of ether oxygens (including phenoxy) is 3. The molecule has 1 atom stereocenters. The first-order valence-corrected chi connectivity index (χ1v) is 12.0. The lowest BCUT2D eigenvalue weighted by atomic mass is 9.97. The summed E-state index contributed by atoms with van der Waals surface area (Å²) in [6, 6.07) is 7.66. The van der Waals surface area contributed by atoms with Gasteiger partial charge in [-0.2, -0.15) is 0 Å². The van der Waals surface area contributed by atoms with Crippen molar-refractivity contribution in [3.05, 3.63) is 51.7 Å². The molecule has 3 aliphatic rings. The van der Waals surface area contributed by atoms with Gasteiger partial charge in [-0.25, -0.2) is 4.79 Å². The minimum absolute atomic E-state index is 0.0548. The minimum atomic E-state index is -0.721. The fourth-order valence-electron chi connectivity index (χ4n) is 4.69. The molecule has 0 bridgehead atoms. The summed E-state index contributed by atoms with van der Waals surface area (Å²) in [7, 11) is 0. The topological polar surface area (TPSA) is 106 Å². The zero-order chi connectivity index (χ0) is 23.8. The van der Waals surface area contributed by atoms with Crippen molar-refractivity contribution in [3.8, 4) is 11.5 Å². The van der Waals surface area contributed by atoms with Crippen molar-refractivity contribution in [3.63, 3.8) is 0 Å². The number of hydrogen-bond donors (Lipinski definition) is 1. The van der Waals surface area contributed by atoms with Crippen LogP contribution in [-0.2, 0) is 14.3 Å². The molecule has 10 heteroatoms. The van der Waals surface area contributed by atoms with Crippen LogP contribution in [0.5, 0.6) is 11.5 Å². The van der Waals surface area contributed by atoms with E-state index in [4.69, 9.17) is 14.2 Å². The molecule has 1 N–H and O–H groups in total. The molecule has 9 nitrogen and oxygen atoms in total. The molecule has 5 rings (SSSR count). The minimum Gasteiger partial charge on any atom is -0.507 e. The van der Waals surface area contributed by atoms with E-state index < -0.39 is 17.7 Å². The van der Waals surface area contributed by atoms with Crippen LogP contribution in [0.15, 0.2) is 41.3 Å². The second-order valence-electron chi connectivity index (χ2n) is 8.21. The molecule has 2 aromatic rings. The molecule has 2 saturated heterocycles. The van der Waals surface area contributed by atoms with Crippen LogP contribution in [0.1, 0.15) is 36.2 Å². The summed E-state index contributed by atoms with van der Waals surface area (Å²) in [6.45, 7) is 2.98. The fourth-order valence-corrected chi connectivity index (χ4v) is 5.53. The Bertz CT molecular complexity index is 1150. The standard InChI is InChI=1S/C24H24N2O7S/c1-2-31-24(30)25-9-7-15(8-10-25)26-20(18-4-3-11-34-18)19(22(28)23(26)29)21(27)14-5-6-16-17(12-14)33-13-32-16/h3-6,11-12,15,20,27H,2,7-10,13H2,1H3/b21-19-. The van der Waals surface area contributed by atoms with Gasteiger partial charge in [0.25, 0.3) is 11.7 Å². The molecular formula is C24H24N2O7S. The van der Waals surface area contributed by atoms with Crippen LogP contribution in [0.25, 0.3) is 5.76 Å². The van der Waals surface area contributed by atoms with E-state index in [1.165, 1.54) is 11.3 Å². The number of fused-ring (bicyclic) bond motifs is 1. The van der Waals surface area contributed by atoms with E-state index in [1.54, 1.807) is 34.9 Å². The van der Waals surface area contributed by atoms with Crippen molar-refractivity contribution in [2.24, 2.45) is 0 Å². The van der Waals surface area contributed by atoms with Crippen LogP contribution in [-0.4, -0.2) is 65.2 Å². The summed E-state index contributed by atoms with van der Waals surface area (Å²) < 4.78 is 15.8. The monoisotopic (exact) mass is 484 g/mol. The Hall–Kier alpha value is -3.53. The third kappa shape index (κ3) is 3.77. The van der Waals surface area contributed by atoms with Gasteiger partial charge in [0.05, 0.1) is 18.2 Å². The maximum absolute atomic E-state index is 13.2. The maximum Gasteiger partial charge on any atom is 0.409 e. The average molecular weight is 485 g/mol. The Labute approximate surface area is 200 Å². The van der Waals surface area contributed by atoms with E-state index in [9.17, 15) is 19.5 Å². The number of thiophene rings is 1. The van der Waals surface area contributed by atoms with Gasteiger partial charge in [0.1, 0.15) is 5.76 Å². The van der Waals surface area contributed by atoms with Gasteiger partial charge in [-0.3, -0.25) is 9.59 Å². The number of piperidine rings is 1. The number of likely N-dealkylation sites (tertiary alicyclic amines) is 2. The first-order valence-electron chi connectivity index (χ1n) is 11.1. The number of carbonyl (C=O) groups is 3. The molecule has 178 valence electrons. The molecule has 2 amide bonds. The molecule has 1 aromatic carbocycles. The van der Waals surface area contributed by atoms with E-state index in [0.29, 0.717) is 49.6 Å². The van der Waals surface area contributed by atoms with E-state index in [0.717, 1.165) is 4.88 Å². The Morgan fingerprint density at radius 1 is 1.18 bits per heavy atom. The Morgan fingerprint density at radius 3 is 2.65 bits per heavy atom. The molecular weight excluding hydrogens is 460 g/mol. The number of hydrogen-bond acceptors (Lipinski definition) is 8. The van der Waals surface area contributed by atoms with Gasteiger partial charge in [0.2, 0.25) is 6.79 Å². The van der Waals surface area contributed by atoms with Gasteiger partial charge >= 0.3 is 6.09 Å². The van der Waals surface area contributed by atoms with E-state index in [-0.39, 0.29) is 30.3 Å². The molecule has 1 aromatic heterocycles. The zero-order valence-electron chi connectivity index (χ0n) is 18.6. The maximum atomic E-state index is 13.2. The number of benzene rings is 1. The van der Waals surface area contributed by atoms with Crippen molar-refractivity contribution in [1.82, 2.24) is 9.80 Å². The molecule has 0 aliphatic carbocycles. The number of aliphatic hydroxyl groups is 1. The van der Waals surface area contributed by atoms with Crippen LogP contribution >= 0.6 is 11.3 Å². The highest BCUT2D eigenvalue weighted by Gasteiger charge is 2.49. The molecule has 3 aliphatic heterocycles. The van der Waals surface area contributed by atoms with Crippen molar-refractivity contribution >= 4 is 34.9 Å². The third-order valence-electron chi connectivity index (χ3n) is 6.32. The lowest BCUT2D eigenvalue weighted by Crippen LogP contribution is -2.48. The lowest BCUT2D eigenvalue weighted by Gasteiger charge is -2.38. The summed E-state index contributed by atoms with van der Waals surface area (Å²) in [4.78, 5) is 42.5. The number of nitrogens with zero attached hydrogens (tertiary/aromatic N) is 2. The third-order valence-corrected chi connectivity index (χ3v) is 7.25. The van der Waals surface area contributed by atoms with Crippen LogP contribution in [0.2, 0.25) is 0 Å². The summed E-state index contributed by atoms with van der Waals surface area (Å²) >= 11 is 1.42. The Morgan fingerprint density at radius 2 is 1.94 bits per heavy atom. The summed E-state index contributed by atoms with van der Waals surface area (Å²) in [5, 5.41) is 13.1. The number of amides is 2. The predicted molar refractivity (Wildman–Crippen MR) is 123 cm³/mol. The van der Waals surface area contributed by atoms with E-state index >= 15 is 0 Å². The first-order chi connectivity index (χ1) is 16.5. The SMILES string of the molecule is CCOC(=O)N1CCC(N2C(=O)C(=O)/C(=C(\O)c3ccc4c(c3)OCO4)C2c2cccs2)CC1. The molecule has 34 heavy (non-hydrogen) atoms. The highest BCUT2D eigenvalue weighted by molar-refractivity contribution is 7.10. The van der Waals surface area contributed by atoms with Crippen LogP contribution in [0.3, 0.4) is 0 Å². The van der Waals surface area contributed by atoms with Crippen LogP contribution in [0, 0.1) is 0 Å². The number of aliphatic hydroxyl groups excluding tert-OH is 1. The molecule has 2 fully saturated rings. The molecule has 0 radical (unpaired) electrons. The lowest BCUT2D eigenvalue weighted by molar-refractivity contribution is -0.142. The van der Waals surface area contributed by atoms with E-state index in [1.807, 2.05) is 17.5 Å². The Kier molecular flexibility index (Phi) is 5.91. The largest absolute Gasteiger partial charge is 0.507 e. The second kappa shape index (κ2) is 9.02. The smallest absolute Gasteiger partial charge is 0.409 e. The van der Waals surface area contributed by atoms with Gasteiger partial charge in [0.15, 0.2) is 11.5 Å². The summed E-state index contributed by atoms with van der Waals surface area (Å²) in [5.74, 6) is -0.587. The number of rotatable bonds is 4. The average Bonchev–Trinajstić information content (AvgIpc) is 3.59. The molecule has 4 heterocycles. The highest BCUT2D eigenvalue weighted by atomic mass is 32.1. The van der Waals surface area contributed by atoms with Gasteiger partial charge in [-0.15, -0.1) is 11.3 Å². The van der Waals surface area contributed by atoms with Gasteiger partial charge in [-0.1, -0.05) is 6.07 Å². The van der Waals surface area contributed by atoms with Crippen molar-refractivity contribution < 1.29 is 33.7 Å². The van der Waals surface area contributed by atoms with Crippen LogP contribution in [0.4, 0.5) is 4.79 Å². The highest BCUT2D eigenvalue weighted by Crippen LogP contribution is 2.44. The quantitative estimate of drug-likeness (QED) is 0.402. The van der Waals surface area contributed by atoms with Crippen LogP contribution < -0.4 is 9.47 Å². The summed E-state index contributed by atoms with van der Waals surface area (Å²) in [6.07, 6.45) is 0.649. The van der Waals surface area contributed by atoms with Gasteiger partial charge in [-0.05, 0) is 49.4 Å². The number of carbonyl (C=O) groups excluding carboxylic acids is 3. The van der Waals surface area contributed by atoms with E-state index in [2.05, 4.69) is 0 Å². The van der Waals surface area contributed by atoms with Gasteiger partial charge < -0.3 is 29.1 Å². The molecule has 0 saturated carbocycles. The van der Waals surface area contributed by atoms with Crippen molar-refractivity contribution in [2.75, 3.05) is 26.5 Å². The van der Waals surface area contributed by atoms with Crippen molar-refractivity contribution in [1.29, 1.82) is 0 Å². The number of Topliss-reactive ketones (excluding diaryl/α,β-unsaturated/α-hetero) is 1. The fraction of sp³-hybridized carbons (Fsp3) is 0.375. The Balaban J connectivity index is 1.49. The zero-order valence-corrected chi connectivity index (χ0v) is 19.4. The van der Waals surface area contributed by atoms with Crippen molar-refractivity contribution in [2.45, 2.75) is 31.8 Å². The first kappa shape index (κ1) is 22.3. The molecule has 0 spiro atoms. The molecule has 1 unspecified atom stereocenters. The number of ketones is 1. The predicted octanol–water partition coefficient (Wildman–Crippen LogP) is 3.52. The second-order valence-corrected chi connectivity index (χ2v) is 9.19.